The summed E-state index contributed by atoms with van der Waals surface area (Å²) in [4.78, 5) is 8.88. The van der Waals surface area contributed by atoms with Crippen molar-refractivity contribution < 1.29 is 0 Å². The van der Waals surface area contributed by atoms with Crippen molar-refractivity contribution in [1.82, 2.24) is 9.97 Å². The van der Waals surface area contributed by atoms with Crippen LogP contribution in [-0.4, -0.2) is 9.97 Å². The summed E-state index contributed by atoms with van der Waals surface area (Å²) < 4.78 is 0.938. The van der Waals surface area contributed by atoms with E-state index in [9.17, 15) is 0 Å². The molecule has 1 aliphatic carbocycles. The van der Waals surface area contributed by atoms with Crippen LogP contribution in [-0.2, 0) is 6.42 Å². The van der Waals surface area contributed by atoms with E-state index >= 15 is 0 Å². The van der Waals surface area contributed by atoms with Crippen molar-refractivity contribution in [2.75, 3.05) is 0 Å². The molecule has 0 N–H and O–H groups in total. The lowest BCUT2D eigenvalue weighted by molar-refractivity contribution is 0.805. The van der Waals surface area contributed by atoms with Crippen molar-refractivity contribution >= 4 is 15.9 Å². The van der Waals surface area contributed by atoms with Crippen molar-refractivity contribution in [2.24, 2.45) is 0 Å². The average molecular weight is 241 g/mol. The molecule has 0 atom stereocenters. The maximum atomic E-state index is 4.54. The molecule has 1 aromatic heterocycles. The molecule has 0 amide bonds. The molecule has 0 saturated heterocycles. The molecule has 1 fully saturated rings. The summed E-state index contributed by atoms with van der Waals surface area (Å²) in [7, 11) is 0. The smallest absolute Gasteiger partial charge is 0.129 e. The van der Waals surface area contributed by atoms with Gasteiger partial charge in [0.25, 0.3) is 0 Å². The van der Waals surface area contributed by atoms with E-state index in [4.69, 9.17) is 0 Å². The maximum absolute atomic E-state index is 4.54. The third kappa shape index (κ3) is 2.27. The summed E-state index contributed by atoms with van der Waals surface area (Å²) in [5.74, 6) is 1.70. The van der Waals surface area contributed by atoms with Gasteiger partial charge >= 0.3 is 0 Å². The van der Waals surface area contributed by atoms with E-state index in [1.54, 1.807) is 0 Å². The zero-order valence-electron chi connectivity index (χ0n) is 7.76. The molecule has 1 aromatic rings. The second-order valence-electron chi connectivity index (χ2n) is 3.56. The standard InChI is InChI=1S/C10H13BrN2/c1-2-3-10-12-8(7-4-5-7)6-9(11)13-10/h6-7H,2-5H2,1H3. The van der Waals surface area contributed by atoms with Gasteiger partial charge in [-0.1, -0.05) is 6.92 Å². The molecule has 0 bridgehead atoms. The minimum atomic E-state index is 0.718. The topological polar surface area (TPSA) is 25.8 Å². The minimum absolute atomic E-state index is 0.718. The fraction of sp³-hybridized carbons (Fsp3) is 0.600. The molecule has 0 unspecified atom stereocenters. The van der Waals surface area contributed by atoms with E-state index in [0.717, 1.165) is 29.2 Å². The number of halogens is 1. The molecule has 0 aromatic carbocycles. The summed E-state index contributed by atoms with van der Waals surface area (Å²) in [6, 6.07) is 2.05. The highest BCUT2D eigenvalue weighted by molar-refractivity contribution is 9.10. The van der Waals surface area contributed by atoms with Crippen molar-refractivity contribution in [1.29, 1.82) is 0 Å². The fourth-order valence-electron chi connectivity index (χ4n) is 1.41. The fourth-order valence-corrected chi connectivity index (χ4v) is 1.85. The monoisotopic (exact) mass is 240 g/mol. The number of rotatable bonds is 3. The summed E-state index contributed by atoms with van der Waals surface area (Å²) in [5.41, 5.74) is 1.23. The van der Waals surface area contributed by atoms with Crippen LogP contribution in [0.5, 0.6) is 0 Å². The van der Waals surface area contributed by atoms with Gasteiger partial charge in [-0.2, -0.15) is 0 Å². The van der Waals surface area contributed by atoms with Crippen LogP contribution in [0, 0.1) is 0 Å². The van der Waals surface area contributed by atoms with E-state index in [-0.39, 0.29) is 0 Å². The highest BCUT2D eigenvalue weighted by atomic mass is 79.9. The van der Waals surface area contributed by atoms with Gasteiger partial charge in [0.05, 0.1) is 0 Å². The number of hydrogen-bond acceptors (Lipinski definition) is 2. The molecule has 13 heavy (non-hydrogen) atoms. The van der Waals surface area contributed by atoms with Crippen LogP contribution in [0.4, 0.5) is 0 Å². The van der Waals surface area contributed by atoms with E-state index in [1.165, 1.54) is 18.5 Å². The van der Waals surface area contributed by atoms with Gasteiger partial charge in [0, 0.05) is 18.0 Å². The molecule has 1 saturated carbocycles. The Morgan fingerprint density at radius 2 is 2.23 bits per heavy atom. The third-order valence-corrected chi connectivity index (χ3v) is 2.64. The Morgan fingerprint density at radius 3 is 2.85 bits per heavy atom. The molecule has 1 aliphatic rings. The van der Waals surface area contributed by atoms with E-state index in [1.807, 2.05) is 0 Å². The van der Waals surface area contributed by atoms with Gasteiger partial charge in [0.2, 0.25) is 0 Å². The third-order valence-electron chi connectivity index (χ3n) is 2.23. The van der Waals surface area contributed by atoms with Crippen molar-refractivity contribution in [2.45, 2.75) is 38.5 Å². The molecule has 0 spiro atoms. The first kappa shape index (κ1) is 9.13. The lowest BCUT2D eigenvalue weighted by atomic mass is 10.2. The maximum Gasteiger partial charge on any atom is 0.129 e. The Kier molecular flexibility index (Phi) is 2.63. The van der Waals surface area contributed by atoms with Crippen LogP contribution in [0.15, 0.2) is 10.7 Å². The molecular formula is C10H13BrN2. The second kappa shape index (κ2) is 3.74. The van der Waals surface area contributed by atoms with Gasteiger partial charge in [-0.25, -0.2) is 9.97 Å². The molecule has 70 valence electrons. The largest absolute Gasteiger partial charge is 0.238 e. The first-order chi connectivity index (χ1) is 6.29. The van der Waals surface area contributed by atoms with Crippen LogP contribution >= 0.6 is 15.9 Å². The summed E-state index contributed by atoms with van der Waals surface area (Å²) in [6.07, 6.45) is 4.70. The number of hydrogen-bond donors (Lipinski definition) is 0. The highest BCUT2D eigenvalue weighted by Gasteiger charge is 2.25. The number of nitrogens with zero attached hydrogens (tertiary/aromatic N) is 2. The number of aryl methyl sites for hydroxylation is 1. The molecular weight excluding hydrogens is 228 g/mol. The van der Waals surface area contributed by atoms with Gasteiger partial charge < -0.3 is 0 Å². The van der Waals surface area contributed by atoms with Crippen molar-refractivity contribution in [3.8, 4) is 0 Å². The Morgan fingerprint density at radius 1 is 1.46 bits per heavy atom. The van der Waals surface area contributed by atoms with Crippen LogP contribution < -0.4 is 0 Å². The van der Waals surface area contributed by atoms with Gasteiger partial charge in [-0.15, -0.1) is 0 Å². The van der Waals surface area contributed by atoms with E-state index in [2.05, 4.69) is 38.9 Å². The Labute approximate surface area is 86.9 Å². The quantitative estimate of drug-likeness (QED) is 0.760. The molecule has 0 radical (unpaired) electrons. The Bertz CT molecular complexity index is 308. The first-order valence-corrected chi connectivity index (χ1v) is 5.62. The molecule has 3 heteroatoms. The predicted octanol–water partition coefficient (Wildman–Crippen LogP) is 3.07. The first-order valence-electron chi connectivity index (χ1n) is 4.83. The SMILES string of the molecule is CCCc1nc(Br)cc(C2CC2)n1. The minimum Gasteiger partial charge on any atom is -0.238 e. The number of aromatic nitrogens is 2. The zero-order chi connectivity index (χ0) is 9.26. The highest BCUT2D eigenvalue weighted by Crippen LogP contribution is 2.39. The summed E-state index contributed by atoms with van der Waals surface area (Å²) in [5, 5.41) is 0. The molecule has 0 aliphatic heterocycles. The van der Waals surface area contributed by atoms with Crippen molar-refractivity contribution in [3.05, 3.63) is 22.2 Å². The second-order valence-corrected chi connectivity index (χ2v) is 4.37. The van der Waals surface area contributed by atoms with E-state index in [0.29, 0.717) is 0 Å². The Balaban J connectivity index is 2.25. The normalized spacial score (nSPS) is 16.2. The molecule has 2 nitrogen and oxygen atoms in total. The summed E-state index contributed by atoms with van der Waals surface area (Å²) in [6.45, 7) is 2.15. The van der Waals surface area contributed by atoms with Crippen LogP contribution in [0.3, 0.4) is 0 Å². The lowest BCUT2D eigenvalue weighted by Gasteiger charge is -2.02. The van der Waals surface area contributed by atoms with Gasteiger partial charge in [-0.3, -0.25) is 0 Å². The van der Waals surface area contributed by atoms with Crippen LogP contribution in [0.2, 0.25) is 0 Å². The van der Waals surface area contributed by atoms with E-state index < -0.39 is 0 Å². The van der Waals surface area contributed by atoms with Crippen molar-refractivity contribution in [3.63, 3.8) is 0 Å². The summed E-state index contributed by atoms with van der Waals surface area (Å²) >= 11 is 3.43. The lowest BCUT2D eigenvalue weighted by Crippen LogP contribution is -1.98. The molecule has 2 rings (SSSR count). The van der Waals surface area contributed by atoms with Crippen LogP contribution in [0.1, 0.15) is 43.6 Å². The van der Waals surface area contributed by atoms with Crippen LogP contribution in [0.25, 0.3) is 0 Å². The average Bonchev–Trinajstić information content (AvgIpc) is 2.85. The van der Waals surface area contributed by atoms with Gasteiger partial charge in [-0.05, 0) is 41.3 Å². The zero-order valence-corrected chi connectivity index (χ0v) is 9.34. The molecule has 1 heterocycles. The van der Waals surface area contributed by atoms with Gasteiger partial charge in [0.1, 0.15) is 10.4 Å². The van der Waals surface area contributed by atoms with Gasteiger partial charge in [0.15, 0.2) is 0 Å². The predicted molar refractivity (Wildman–Crippen MR) is 55.7 cm³/mol. The Hall–Kier alpha value is -0.440.